The molecule has 0 spiro atoms. The van der Waals surface area contributed by atoms with E-state index in [0.717, 1.165) is 41.8 Å². The topological polar surface area (TPSA) is 49.3 Å². The molecule has 5 nitrogen and oxygen atoms in total. The van der Waals surface area contributed by atoms with Crippen LogP contribution in [0.15, 0.2) is 47.3 Å². The van der Waals surface area contributed by atoms with Crippen molar-refractivity contribution in [3.63, 3.8) is 0 Å². The number of benzene rings is 1. The van der Waals surface area contributed by atoms with Gasteiger partial charge in [0.25, 0.3) is 0 Å². The van der Waals surface area contributed by atoms with Crippen molar-refractivity contribution >= 4 is 27.7 Å². The molecular formula is C18H21BrN4O. The summed E-state index contributed by atoms with van der Waals surface area (Å²) >= 11 is 3.43. The average molecular weight is 389 g/mol. The summed E-state index contributed by atoms with van der Waals surface area (Å²) in [5.41, 5.74) is 1.14. The number of aromatic nitrogens is 2. The highest BCUT2D eigenvalue weighted by Crippen LogP contribution is 2.23. The molecule has 1 aliphatic rings. The van der Waals surface area contributed by atoms with Gasteiger partial charge in [-0.1, -0.05) is 28.1 Å². The van der Waals surface area contributed by atoms with Crippen molar-refractivity contribution in [3.8, 4) is 0 Å². The Balaban J connectivity index is 1.53. The summed E-state index contributed by atoms with van der Waals surface area (Å²) in [7, 11) is 1.89. The predicted octanol–water partition coefficient (Wildman–Crippen LogP) is 3.11. The number of piperidine rings is 1. The first-order chi connectivity index (χ1) is 11.6. The van der Waals surface area contributed by atoms with Gasteiger partial charge in [0.15, 0.2) is 0 Å². The van der Waals surface area contributed by atoms with Crippen LogP contribution in [0.3, 0.4) is 0 Å². The first kappa shape index (κ1) is 16.9. The van der Waals surface area contributed by atoms with Crippen LogP contribution in [0.5, 0.6) is 0 Å². The Morgan fingerprint density at radius 1 is 1.25 bits per heavy atom. The van der Waals surface area contributed by atoms with Crippen molar-refractivity contribution in [2.75, 3.05) is 25.0 Å². The van der Waals surface area contributed by atoms with E-state index < -0.39 is 0 Å². The van der Waals surface area contributed by atoms with Gasteiger partial charge in [-0.15, -0.1) is 0 Å². The smallest absolute Gasteiger partial charge is 0.225 e. The number of nitrogens with zero attached hydrogens (tertiary/aromatic N) is 4. The molecule has 0 atom stereocenters. The van der Waals surface area contributed by atoms with Crippen LogP contribution in [-0.2, 0) is 11.3 Å². The molecule has 1 amide bonds. The Labute approximate surface area is 150 Å². The highest BCUT2D eigenvalue weighted by Gasteiger charge is 2.27. The first-order valence-electron chi connectivity index (χ1n) is 8.14. The fourth-order valence-electron chi connectivity index (χ4n) is 3.06. The summed E-state index contributed by atoms with van der Waals surface area (Å²) in [5, 5.41) is 0. The number of halogens is 1. The summed E-state index contributed by atoms with van der Waals surface area (Å²) in [6.45, 7) is 2.35. The second-order valence-corrected chi connectivity index (χ2v) is 7.06. The number of amides is 1. The third kappa shape index (κ3) is 4.12. The summed E-state index contributed by atoms with van der Waals surface area (Å²) in [6.07, 6.45) is 6.89. The van der Waals surface area contributed by atoms with Gasteiger partial charge in [-0.3, -0.25) is 9.78 Å². The number of rotatable bonds is 4. The van der Waals surface area contributed by atoms with Crippen LogP contribution in [0.2, 0.25) is 0 Å². The standard InChI is InChI=1S/C18H21BrN4O/c1-22(13-14-2-4-16(19)5-3-14)18(24)15-6-10-23(11-7-15)17-12-20-8-9-21-17/h2-5,8-9,12,15H,6-7,10-11,13H2,1H3. The van der Waals surface area contributed by atoms with E-state index in [9.17, 15) is 4.79 Å². The molecule has 1 aromatic heterocycles. The van der Waals surface area contributed by atoms with Gasteiger partial charge in [0.1, 0.15) is 5.82 Å². The summed E-state index contributed by atoms with van der Waals surface area (Å²) < 4.78 is 1.05. The lowest BCUT2D eigenvalue weighted by Crippen LogP contribution is -2.41. The largest absolute Gasteiger partial charge is 0.355 e. The van der Waals surface area contributed by atoms with Crippen molar-refractivity contribution in [1.82, 2.24) is 14.9 Å². The zero-order chi connectivity index (χ0) is 16.9. The molecule has 0 aliphatic carbocycles. The van der Waals surface area contributed by atoms with Crippen LogP contribution in [-0.4, -0.2) is 40.9 Å². The third-order valence-corrected chi connectivity index (χ3v) is 4.96. The van der Waals surface area contributed by atoms with Crippen LogP contribution in [0, 0.1) is 5.92 Å². The lowest BCUT2D eigenvalue weighted by molar-refractivity contribution is -0.135. The molecule has 1 fully saturated rings. The summed E-state index contributed by atoms with van der Waals surface area (Å²) in [5.74, 6) is 1.22. The number of hydrogen-bond donors (Lipinski definition) is 0. The molecule has 3 rings (SSSR count). The Morgan fingerprint density at radius 3 is 2.58 bits per heavy atom. The van der Waals surface area contributed by atoms with Crippen LogP contribution in [0.25, 0.3) is 0 Å². The van der Waals surface area contributed by atoms with E-state index >= 15 is 0 Å². The Morgan fingerprint density at radius 2 is 1.96 bits per heavy atom. The normalized spacial score (nSPS) is 15.3. The van der Waals surface area contributed by atoms with Gasteiger partial charge in [-0.05, 0) is 30.5 Å². The quantitative estimate of drug-likeness (QED) is 0.807. The SMILES string of the molecule is CN(Cc1ccc(Br)cc1)C(=O)C1CCN(c2cnccn2)CC1. The molecule has 24 heavy (non-hydrogen) atoms. The van der Waals surface area contributed by atoms with Crippen molar-refractivity contribution in [2.24, 2.45) is 5.92 Å². The minimum absolute atomic E-state index is 0.0957. The van der Waals surface area contributed by atoms with E-state index in [-0.39, 0.29) is 11.8 Å². The molecule has 0 unspecified atom stereocenters. The van der Waals surface area contributed by atoms with Crippen molar-refractivity contribution in [1.29, 1.82) is 0 Å². The maximum absolute atomic E-state index is 12.7. The molecule has 1 aliphatic heterocycles. The minimum Gasteiger partial charge on any atom is -0.355 e. The van der Waals surface area contributed by atoms with Crippen LogP contribution in [0.4, 0.5) is 5.82 Å². The molecular weight excluding hydrogens is 368 g/mol. The lowest BCUT2D eigenvalue weighted by atomic mass is 9.95. The van der Waals surface area contributed by atoms with E-state index in [1.807, 2.05) is 36.2 Å². The lowest BCUT2D eigenvalue weighted by Gasteiger charge is -2.33. The van der Waals surface area contributed by atoms with Gasteiger partial charge < -0.3 is 9.80 Å². The molecule has 2 aromatic rings. The highest BCUT2D eigenvalue weighted by molar-refractivity contribution is 9.10. The minimum atomic E-state index is 0.0957. The fourth-order valence-corrected chi connectivity index (χ4v) is 3.33. The summed E-state index contributed by atoms with van der Waals surface area (Å²) in [4.78, 5) is 25.2. The third-order valence-electron chi connectivity index (χ3n) is 4.43. The molecule has 1 saturated heterocycles. The highest BCUT2D eigenvalue weighted by atomic mass is 79.9. The van der Waals surface area contributed by atoms with Gasteiger partial charge in [-0.2, -0.15) is 0 Å². The molecule has 126 valence electrons. The van der Waals surface area contributed by atoms with Crippen LogP contribution < -0.4 is 4.90 Å². The average Bonchev–Trinajstić information content (AvgIpc) is 2.64. The number of anilines is 1. The maximum Gasteiger partial charge on any atom is 0.225 e. The zero-order valence-electron chi connectivity index (χ0n) is 13.7. The Kier molecular flexibility index (Phi) is 5.45. The van der Waals surface area contributed by atoms with Gasteiger partial charge in [0.2, 0.25) is 5.91 Å². The van der Waals surface area contributed by atoms with E-state index in [1.165, 1.54) is 0 Å². The number of carbonyl (C=O) groups excluding carboxylic acids is 1. The fraction of sp³-hybridized carbons (Fsp3) is 0.389. The van der Waals surface area contributed by atoms with Crippen LogP contribution in [0.1, 0.15) is 18.4 Å². The van der Waals surface area contributed by atoms with Crippen molar-refractivity contribution in [3.05, 3.63) is 52.9 Å². The molecule has 0 N–H and O–H groups in total. The monoisotopic (exact) mass is 388 g/mol. The van der Waals surface area contributed by atoms with Gasteiger partial charge in [0, 0.05) is 49.5 Å². The van der Waals surface area contributed by atoms with E-state index in [0.29, 0.717) is 6.54 Å². The predicted molar refractivity (Wildman–Crippen MR) is 97.6 cm³/mol. The van der Waals surface area contributed by atoms with Gasteiger partial charge in [-0.25, -0.2) is 4.98 Å². The van der Waals surface area contributed by atoms with Gasteiger partial charge in [0.05, 0.1) is 6.20 Å². The molecule has 2 heterocycles. The van der Waals surface area contributed by atoms with E-state index in [1.54, 1.807) is 18.6 Å². The summed E-state index contributed by atoms with van der Waals surface area (Å²) in [6, 6.07) is 8.11. The molecule has 0 radical (unpaired) electrons. The number of hydrogen-bond acceptors (Lipinski definition) is 4. The molecule has 0 saturated carbocycles. The van der Waals surface area contributed by atoms with E-state index in [2.05, 4.69) is 30.8 Å². The van der Waals surface area contributed by atoms with Crippen LogP contribution >= 0.6 is 15.9 Å². The zero-order valence-corrected chi connectivity index (χ0v) is 15.3. The number of carbonyl (C=O) groups is 1. The van der Waals surface area contributed by atoms with Crippen molar-refractivity contribution < 1.29 is 4.79 Å². The molecule has 1 aromatic carbocycles. The Bertz CT molecular complexity index is 669. The van der Waals surface area contributed by atoms with E-state index in [4.69, 9.17) is 0 Å². The second-order valence-electron chi connectivity index (χ2n) is 6.15. The first-order valence-corrected chi connectivity index (χ1v) is 8.93. The second kappa shape index (κ2) is 7.75. The maximum atomic E-state index is 12.7. The molecule has 6 heteroatoms. The molecule has 0 bridgehead atoms. The Hall–Kier alpha value is -1.95. The van der Waals surface area contributed by atoms with Crippen molar-refractivity contribution in [2.45, 2.75) is 19.4 Å². The van der Waals surface area contributed by atoms with Gasteiger partial charge >= 0.3 is 0 Å².